The number of esters is 5. The van der Waals surface area contributed by atoms with E-state index in [1.807, 2.05) is 6.92 Å². The van der Waals surface area contributed by atoms with Crippen molar-refractivity contribution in [2.45, 2.75) is 179 Å². The normalized spacial score (nSPS) is 37.1. The van der Waals surface area contributed by atoms with Crippen LogP contribution in [-0.2, 0) is 61.9 Å². The van der Waals surface area contributed by atoms with Crippen molar-refractivity contribution in [2.75, 3.05) is 14.2 Å². The second-order valence-corrected chi connectivity index (χ2v) is 17.5. The molecule has 3 saturated heterocycles. The predicted octanol–water partition coefficient (Wildman–Crippen LogP) is 3.17. The van der Waals surface area contributed by atoms with Crippen LogP contribution in [0.15, 0.2) is 35.5 Å². The van der Waals surface area contributed by atoms with Crippen molar-refractivity contribution in [3.05, 3.63) is 35.5 Å². The Labute approximate surface area is 351 Å². The molecule has 4 heterocycles. The third-order valence-electron chi connectivity index (χ3n) is 11.9. The lowest BCUT2D eigenvalue weighted by atomic mass is 9.70. The summed E-state index contributed by atoms with van der Waals surface area (Å²) in [6.45, 7) is 11.0. The first-order valence-electron chi connectivity index (χ1n) is 20.6. The third kappa shape index (κ3) is 11.8. The van der Waals surface area contributed by atoms with Gasteiger partial charge in [-0.15, -0.1) is 0 Å². The first kappa shape index (κ1) is 49.0. The highest BCUT2D eigenvalue weighted by Crippen LogP contribution is 2.50. The average Bonchev–Trinajstić information content (AvgIpc) is 3.13. The molecule has 0 aromatic rings. The van der Waals surface area contributed by atoms with E-state index in [2.05, 4.69) is 0 Å². The maximum atomic E-state index is 13.4. The van der Waals surface area contributed by atoms with E-state index in [0.29, 0.717) is 12.0 Å². The Morgan fingerprint density at radius 1 is 0.900 bits per heavy atom. The fourth-order valence-corrected chi connectivity index (χ4v) is 8.33. The van der Waals surface area contributed by atoms with Crippen molar-refractivity contribution in [2.24, 2.45) is 10.8 Å². The Morgan fingerprint density at radius 2 is 1.57 bits per heavy atom. The first-order chi connectivity index (χ1) is 27.9. The van der Waals surface area contributed by atoms with Gasteiger partial charge in [-0.2, -0.15) is 0 Å². The lowest BCUT2D eigenvalue weighted by molar-refractivity contribution is -0.348. The van der Waals surface area contributed by atoms with Crippen LogP contribution in [0.5, 0.6) is 0 Å². The smallest absolute Gasteiger partial charge is 0.330 e. The van der Waals surface area contributed by atoms with Gasteiger partial charge in [0.1, 0.15) is 12.2 Å². The summed E-state index contributed by atoms with van der Waals surface area (Å²) in [5, 5.41) is 47.2. The summed E-state index contributed by atoms with van der Waals surface area (Å²) in [5.74, 6) is -8.02. The van der Waals surface area contributed by atoms with Crippen molar-refractivity contribution in [3.63, 3.8) is 0 Å². The topological polar surface area (TPSA) is 240 Å². The standard InChI is InChI=1S/C43H64O17/c1-10-11-35(47)58-34-22-31-19-28(46)20-38(50)57-33(24(2)44)21-30-17-27(18-37(49)54-9)39(55-25(3)45)43(52,60-30)40(4,5)13-12-29-14-26(16-36(48)53-8)15-32(56-29)23-42(51,59-31)41(34,6)7/h12-13,16,18,24,28-34,39,44,46,51-52H,10-11,14-15,17,19-23H2,1-9H3/b13-12-,26-16+,27-18+/t24-,28+,29+,30+,31-,32+,33-,34+,39+,42+,43-/m1/s1. The van der Waals surface area contributed by atoms with Crippen molar-refractivity contribution >= 4 is 29.8 Å². The number of ether oxygens (including phenoxy) is 8. The van der Waals surface area contributed by atoms with Gasteiger partial charge in [0.15, 0.2) is 11.9 Å². The molecule has 17 heteroatoms. The van der Waals surface area contributed by atoms with Crippen LogP contribution >= 0.6 is 0 Å². The number of aliphatic hydroxyl groups is 4. The highest BCUT2D eigenvalue weighted by molar-refractivity contribution is 5.83. The van der Waals surface area contributed by atoms with E-state index in [9.17, 15) is 44.4 Å². The molecule has 4 aliphatic rings. The molecule has 60 heavy (non-hydrogen) atoms. The third-order valence-corrected chi connectivity index (χ3v) is 11.9. The number of cyclic esters (lactones) is 1. The van der Waals surface area contributed by atoms with Crippen LogP contribution in [0.3, 0.4) is 0 Å². The minimum absolute atomic E-state index is 0.0876. The summed E-state index contributed by atoms with van der Waals surface area (Å²) in [6.07, 6.45) is -4.32. The van der Waals surface area contributed by atoms with Gasteiger partial charge >= 0.3 is 29.8 Å². The van der Waals surface area contributed by atoms with Crippen LogP contribution in [0.1, 0.15) is 113 Å². The Balaban J connectivity index is 1.88. The molecule has 3 fully saturated rings. The highest BCUT2D eigenvalue weighted by atomic mass is 16.7. The summed E-state index contributed by atoms with van der Waals surface area (Å²) >= 11 is 0. The number of methoxy groups -OCH3 is 2. The van der Waals surface area contributed by atoms with E-state index in [1.165, 1.54) is 20.1 Å². The molecule has 6 bridgehead atoms. The summed E-state index contributed by atoms with van der Waals surface area (Å²) in [6, 6.07) is 0. The fraction of sp³-hybridized carbons (Fsp3) is 0.744. The highest BCUT2D eigenvalue weighted by Gasteiger charge is 2.59. The van der Waals surface area contributed by atoms with E-state index in [1.54, 1.807) is 39.8 Å². The van der Waals surface area contributed by atoms with E-state index >= 15 is 0 Å². The number of carbonyl (C=O) groups excluding carboxylic acids is 5. The van der Waals surface area contributed by atoms with E-state index < -0.39 is 114 Å². The molecule has 338 valence electrons. The zero-order valence-corrected chi connectivity index (χ0v) is 36.2. The molecule has 4 N–H and O–H groups in total. The average molecular weight is 853 g/mol. The summed E-state index contributed by atoms with van der Waals surface area (Å²) in [5.41, 5.74) is -1.97. The number of hydrogen-bond acceptors (Lipinski definition) is 17. The molecule has 0 saturated carbocycles. The molecule has 0 amide bonds. The molecule has 0 unspecified atom stereocenters. The van der Waals surface area contributed by atoms with Crippen LogP contribution in [-0.4, -0.2) is 131 Å². The van der Waals surface area contributed by atoms with Gasteiger partial charge in [0.25, 0.3) is 0 Å². The molecule has 0 aliphatic carbocycles. The largest absolute Gasteiger partial charge is 0.466 e. The number of hydrogen-bond donors (Lipinski definition) is 4. The Hall–Kier alpha value is -3.71. The van der Waals surface area contributed by atoms with Gasteiger partial charge in [-0.1, -0.05) is 52.3 Å². The zero-order chi connectivity index (χ0) is 44.8. The van der Waals surface area contributed by atoms with Crippen molar-refractivity contribution in [1.29, 1.82) is 0 Å². The molecule has 11 atom stereocenters. The molecule has 4 rings (SSSR count). The molecule has 4 aliphatic heterocycles. The summed E-state index contributed by atoms with van der Waals surface area (Å²) in [4.78, 5) is 64.0. The Kier molecular flexibility index (Phi) is 16.3. The second-order valence-electron chi connectivity index (χ2n) is 17.5. The minimum atomic E-state index is -2.41. The van der Waals surface area contributed by atoms with Gasteiger partial charge in [0.2, 0.25) is 5.79 Å². The Bertz CT molecular complexity index is 1660. The maximum absolute atomic E-state index is 13.4. The number of rotatable bonds is 7. The van der Waals surface area contributed by atoms with Crippen LogP contribution < -0.4 is 0 Å². The molecule has 17 nitrogen and oxygen atoms in total. The number of fused-ring (bicyclic) bond motifs is 6. The summed E-state index contributed by atoms with van der Waals surface area (Å²) < 4.78 is 46.4. The maximum Gasteiger partial charge on any atom is 0.330 e. The predicted molar refractivity (Wildman–Crippen MR) is 210 cm³/mol. The molecule has 0 aromatic carbocycles. The minimum Gasteiger partial charge on any atom is -0.466 e. The lowest BCUT2D eigenvalue weighted by Crippen LogP contribution is -2.62. The number of carbonyl (C=O) groups is 5. The molecular weight excluding hydrogens is 788 g/mol. The first-order valence-corrected chi connectivity index (χ1v) is 20.6. The van der Waals surface area contributed by atoms with Crippen molar-refractivity contribution in [3.8, 4) is 0 Å². The fourth-order valence-electron chi connectivity index (χ4n) is 8.33. The van der Waals surface area contributed by atoms with Crippen molar-refractivity contribution in [1.82, 2.24) is 0 Å². The molecular formula is C43H64O17. The quantitative estimate of drug-likeness (QED) is 0.124. The molecule has 0 spiro atoms. The molecule has 0 radical (unpaired) electrons. The summed E-state index contributed by atoms with van der Waals surface area (Å²) in [7, 11) is 2.40. The van der Waals surface area contributed by atoms with Crippen LogP contribution in [0.4, 0.5) is 0 Å². The lowest BCUT2D eigenvalue weighted by Gasteiger charge is -2.53. The van der Waals surface area contributed by atoms with E-state index in [0.717, 1.165) is 20.1 Å². The van der Waals surface area contributed by atoms with Crippen molar-refractivity contribution < 1.29 is 82.3 Å². The number of aliphatic hydroxyl groups excluding tert-OH is 2. The van der Waals surface area contributed by atoms with Gasteiger partial charge in [-0.3, -0.25) is 14.4 Å². The van der Waals surface area contributed by atoms with E-state index in [-0.39, 0.29) is 56.9 Å². The van der Waals surface area contributed by atoms with Gasteiger partial charge in [-0.05, 0) is 38.2 Å². The van der Waals surface area contributed by atoms with E-state index in [4.69, 9.17) is 37.9 Å². The van der Waals surface area contributed by atoms with Crippen LogP contribution in [0, 0.1) is 10.8 Å². The van der Waals surface area contributed by atoms with Gasteiger partial charge in [0.05, 0.1) is 62.7 Å². The SMILES string of the molecule is CCCC(=O)O[C@H]1C[C@H]2C[C@H](O)CC(=O)O[C@@H]([C@@H](C)O)C[C@@H]3C/C(=C\C(=O)OC)[C@H](OC(C)=O)[C@@](O)(O3)C(C)(C)/C=C\[C@H]3C/C(=C\C(=O)OC)C[C@@H](C[C@](O)(O2)C1(C)C)O3. The molecule has 0 aromatic heterocycles. The monoisotopic (exact) mass is 852 g/mol. The van der Waals surface area contributed by atoms with Gasteiger partial charge in [-0.25, -0.2) is 9.59 Å². The van der Waals surface area contributed by atoms with Gasteiger partial charge < -0.3 is 58.3 Å². The van der Waals surface area contributed by atoms with Crippen LogP contribution in [0.25, 0.3) is 0 Å². The van der Waals surface area contributed by atoms with Gasteiger partial charge in [0, 0.05) is 56.6 Å². The second kappa shape index (κ2) is 20.0. The zero-order valence-electron chi connectivity index (χ0n) is 36.2. The Morgan fingerprint density at radius 3 is 2.18 bits per heavy atom. The van der Waals surface area contributed by atoms with Crippen LogP contribution in [0.2, 0.25) is 0 Å².